The monoisotopic (exact) mass is 498 g/mol. The van der Waals surface area contributed by atoms with E-state index < -0.39 is 30.1 Å². The van der Waals surface area contributed by atoms with Crippen LogP contribution >= 0.6 is 0 Å². The number of hydrogen-bond acceptors (Lipinski definition) is 7. The molecule has 0 bridgehead atoms. The van der Waals surface area contributed by atoms with Crippen LogP contribution in [0, 0.1) is 23.2 Å². The molecule has 2 aliphatic heterocycles. The fourth-order valence-electron chi connectivity index (χ4n) is 4.58. The van der Waals surface area contributed by atoms with E-state index in [9.17, 15) is 24.4 Å². The molecule has 0 unspecified atom stereocenters. The Morgan fingerprint density at radius 1 is 1.31 bits per heavy atom. The maximum atomic E-state index is 13.4. The molecule has 1 aromatic rings. The van der Waals surface area contributed by atoms with Crippen molar-refractivity contribution in [1.29, 1.82) is 5.26 Å². The first-order valence-corrected chi connectivity index (χ1v) is 12.4. The van der Waals surface area contributed by atoms with Crippen molar-refractivity contribution in [1.82, 2.24) is 25.8 Å². The predicted molar refractivity (Wildman–Crippen MR) is 129 cm³/mol. The van der Waals surface area contributed by atoms with E-state index in [1.54, 1.807) is 24.5 Å². The number of nitrogens with zero attached hydrogens (tertiary/aromatic N) is 3. The van der Waals surface area contributed by atoms with Crippen molar-refractivity contribution in [3.8, 4) is 6.07 Å². The summed E-state index contributed by atoms with van der Waals surface area (Å²) in [6, 6.07) is 3.15. The van der Waals surface area contributed by atoms with Crippen LogP contribution in [-0.2, 0) is 25.7 Å². The standard InChI is InChI=1S/C25H34N6O5/c1-16(2)11-20(30-25(35)36-15-17-5-3-8-27-14-17)24(34)31-10-4-6-21(31)23(33)29-19(13-26)12-18-7-9-28-22(18)32/h3,5,8,14,16,18-21H,4,6-7,9-12,15H2,1-2H3,(H,28,32)(H,29,33)(H,30,35)/t18-,19-,20-,21-/m0/s1. The molecule has 36 heavy (non-hydrogen) atoms. The normalized spacial score (nSPS) is 20.8. The van der Waals surface area contributed by atoms with E-state index in [-0.39, 0.29) is 36.7 Å². The molecule has 0 aromatic carbocycles. The van der Waals surface area contributed by atoms with Crippen molar-refractivity contribution in [2.75, 3.05) is 13.1 Å². The van der Waals surface area contributed by atoms with Crippen LogP contribution in [-0.4, -0.2) is 64.9 Å². The molecule has 2 aliphatic rings. The molecule has 194 valence electrons. The Hall–Kier alpha value is -3.68. The van der Waals surface area contributed by atoms with Gasteiger partial charge in [0.2, 0.25) is 17.7 Å². The van der Waals surface area contributed by atoms with Crippen LogP contribution in [0.15, 0.2) is 24.5 Å². The lowest BCUT2D eigenvalue weighted by atomic mass is 9.98. The number of ether oxygens (including phenoxy) is 1. The van der Waals surface area contributed by atoms with Crippen LogP contribution in [0.5, 0.6) is 0 Å². The maximum Gasteiger partial charge on any atom is 0.408 e. The summed E-state index contributed by atoms with van der Waals surface area (Å²) in [4.78, 5) is 56.2. The maximum absolute atomic E-state index is 13.4. The largest absolute Gasteiger partial charge is 0.445 e. The van der Waals surface area contributed by atoms with Gasteiger partial charge in [0.05, 0.1) is 6.07 Å². The van der Waals surface area contributed by atoms with E-state index >= 15 is 0 Å². The highest BCUT2D eigenvalue weighted by Gasteiger charge is 2.39. The Kier molecular flexibility index (Phi) is 9.61. The van der Waals surface area contributed by atoms with E-state index in [4.69, 9.17) is 4.74 Å². The molecule has 4 atom stereocenters. The zero-order valence-corrected chi connectivity index (χ0v) is 20.7. The third-order valence-electron chi connectivity index (χ3n) is 6.38. The van der Waals surface area contributed by atoms with Gasteiger partial charge in [-0.25, -0.2) is 4.79 Å². The van der Waals surface area contributed by atoms with Crippen molar-refractivity contribution in [3.05, 3.63) is 30.1 Å². The second-order valence-electron chi connectivity index (χ2n) is 9.66. The summed E-state index contributed by atoms with van der Waals surface area (Å²) in [6.07, 6.45) is 4.81. The Labute approximate surface area is 210 Å². The van der Waals surface area contributed by atoms with Crippen LogP contribution in [0.3, 0.4) is 0 Å². The Balaban J connectivity index is 1.60. The Bertz CT molecular complexity index is 979. The van der Waals surface area contributed by atoms with Gasteiger partial charge in [-0.2, -0.15) is 5.26 Å². The van der Waals surface area contributed by atoms with Crippen molar-refractivity contribution in [2.45, 2.75) is 70.7 Å². The summed E-state index contributed by atoms with van der Waals surface area (Å²) < 4.78 is 5.26. The Morgan fingerprint density at radius 3 is 2.75 bits per heavy atom. The lowest BCUT2D eigenvalue weighted by Gasteiger charge is -2.30. The third kappa shape index (κ3) is 7.41. The molecule has 3 heterocycles. The molecule has 11 heteroatoms. The summed E-state index contributed by atoms with van der Waals surface area (Å²) in [5.74, 6) is -1.10. The molecule has 11 nitrogen and oxygen atoms in total. The highest BCUT2D eigenvalue weighted by atomic mass is 16.5. The number of likely N-dealkylation sites (tertiary alicyclic amines) is 1. The summed E-state index contributed by atoms with van der Waals surface area (Å²) in [6.45, 7) is 4.84. The fraction of sp³-hybridized carbons (Fsp3) is 0.600. The van der Waals surface area contributed by atoms with Crippen molar-refractivity contribution < 1.29 is 23.9 Å². The van der Waals surface area contributed by atoms with Gasteiger partial charge < -0.3 is 25.6 Å². The first-order chi connectivity index (χ1) is 17.3. The molecule has 1 aromatic heterocycles. The van der Waals surface area contributed by atoms with Gasteiger partial charge >= 0.3 is 6.09 Å². The zero-order valence-electron chi connectivity index (χ0n) is 20.7. The van der Waals surface area contributed by atoms with Gasteiger partial charge in [-0.15, -0.1) is 0 Å². The smallest absolute Gasteiger partial charge is 0.408 e. The van der Waals surface area contributed by atoms with Gasteiger partial charge in [0.1, 0.15) is 24.7 Å². The predicted octanol–water partition coefficient (Wildman–Crippen LogP) is 1.25. The van der Waals surface area contributed by atoms with Gasteiger partial charge in [0.25, 0.3) is 0 Å². The van der Waals surface area contributed by atoms with Crippen LogP contribution < -0.4 is 16.0 Å². The molecule has 2 saturated heterocycles. The lowest BCUT2D eigenvalue weighted by Crippen LogP contribution is -2.54. The summed E-state index contributed by atoms with van der Waals surface area (Å²) in [5, 5.41) is 17.6. The van der Waals surface area contributed by atoms with E-state index in [0.29, 0.717) is 38.8 Å². The van der Waals surface area contributed by atoms with Crippen molar-refractivity contribution in [3.63, 3.8) is 0 Å². The summed E-state index contributed by atoms with van der Waals surface area (Å²) in [7, 11) is 0. The second kappa shape index (κ2) is 12.9. The first kappa shape index (κ1) is 26.9. The van der Waals surface area contributed by atoms with E-state index in [2.05, 4.69) is 27.0 Å². The fourth-order valence-corrected chi connectivity index (χ4v) is 4.58. The molecule has 0 aliphatic carbocycles. The minimum Gasteiger partial charge on any atom is -0.445 e. The molecule has 3 N–H and O–H groups in total. The number of aromatic nitrogens is 1. The molecule has 0 radical (unpaired) electrons. The number of nitrogens with one attached hydrogen (secondary N) is 3. The summed E-state index contributed by atoms with van der Waals surface area (Å²) >= 11 is 0. The van der Waals surface area contributed by atoms with Crippen LogP contribution in [0.4, 0.5) is 4.79 Å². The highest BCUT2D eigenvalue weighted by molar-refractivity contribution is 5.92. The molecule has 2 fully saturated rings. The first-order valence-electron chi connectivity index (χ1n) is 12.4. The number of nitriles is 1. The number of alkyl carbamates (subject to hydrolysis) is 1. The van der Waals surface area contributed by atoms with Crippen molar-refractivity contribution >= 4 is 23.8 Å². The highest BCUT2D eigenvalue weighted by Crippen LogP contribution is 2.22. The molecule has 4 amide bonds. The van der Waals surface area contributed by atoms with Crippen LogP contribution in [0.25, 0.3) is 0 Å². The number of pyridine rings is 1. The van der Waals surface area contributed by atoms with Gasteiger partial charge in [0.15, 0.2) is 0 Å². The average molecular weight is 499 g/mol. The number of carbonyl (C=O) groups is 4. The molecular formula is C25H34N6O5. The van der Waals surface area contributed by atoms with Crippen LogP contribution in [0.1, 0.15) is 51.5 Å². The minimum atomic E-state index is -0.853. The van der Waals surface area contributed by atoms with E-state index in [1.165, 1.54) is 4.90 Å². The number of rotatable bonds is 10. The summed E-state index contributed by atoms with van der Waals surface area (Å²) in [5.41, 5.74) is 0.720. The van der Waals surface area contributed by atoms with Gasteiger partial charge in [0, 0.05) is 37.0 Å². The quantitative estimate of drug-likeness (QED) is 0.439. The van der Waals surface area contributed by atoms with Gasteiger partial charge in [-0.1, -0.05) is 19.9 Å². The average Bonchev–Trinajstić information content (AvgIpc) is 3.51. The van der Waals surface area contributed by atoms with Crippen LogP contribution in [0.2, 0.25) is 0 Å². The SMILES string of the molecule is CC(C)C[C@H](NC(=O)OCc1cccnc1)C(=O)N1CCC[C@H]1C(=O)N[C@H](C#N)C[C@@H]1CCNC1=O. The molecule has 3 rings (SSSR count). The second-order valence-corrected chi connectivity index (χ2v) is 9.66. The zero-order chi connectivity index (χ0) is 26.1. The minimum absolute atomic E-state index is 0.0194. The Morgan fingerprint density at radius 2 is 2.11 bits per heavy atom. The molecule has 0 spiro atoms. The van der Waals surface area contributed by atoms with E-state index in [0.717, 1.165) is 5.56 Å². The topological polar surface area (TPSA) is 154 Å². The number of carbonyl (C=O) groups excluding carboxylic acids is 4. The molecular weight excluding hydrogens is 464 g/mol. The number of amides is 4. The van der Waals surface area contributed by atoms with E-state index in [1.807, 2.05) is 13.8 Å². The molecule has 0 saturated carbocycles. The van der Waals surface area contributed by atoms with Crippen molar-refractivity contribution in [2.24, 2.45) is 11.8 Å². The van der Waals surface area contributed by atoms with Gasteiger partial charge in [-0.3, -0.25) is 19.4 Å². The third-order valence-corrected chi connectivity index (χ3v) is 6.38. The number of hydrogen-bond donors (Lipinski definition) is 3. The van der Waals surface area contributed by atoms with Gasteiger partial charge in [-0.05, 0) is 44.1 Å². The lowest BCUT2D eigenvalue weighted by molar-refractivity contribution is -0.140.